The van der Waals surface area contributed by atoms with Gasteiger partial charge in [-0.3, -0.25) is 9.36 Å². The number of para-hydroxylation sites is 2. The molecule has 3 N–H and O–H groups in total. The van der Waals surface area contributed by atoms with Gasteiger partial charge in [0.05, 0.1) is 16.6 Å². The molecule has 4 rings (SSSR count). The van der Waals surface area contributed by atoms with Crippen molar-refractivity contribution >= 4 is 33.9 Å². The first-order valence-electron chi connectivity index (χ1n) is 10.8. The number of alkyl halides is 3. The lowest BCUT2D eigenvalue weighted by atomic mass is 10.2. The third-order valence-corrected chi connectivity index (χ3v) is 5.47. The van der Waals surface area contributed by atoms with Crippen molar-refractivity contribution in [2.24, 2.45) is 0 Å². The highest BCUT2D eigenvalue weighted by Crippen LogP contribution is 2.34. The summed E-state index contributed by atoms with van der Waals surface area (Å²) in [6.45, 7) is 2.57. The summed E-state index contributed by atoms with van der Waals surface area (Å²) >= 11 is 0. The van der Waals surface area contributed by atoms with E-state index >= 15 is 0 Å². The highest BCUT2D eigenvalue weighted by atomic mass is 19.4. The lowest BCUT2D eigenvalue weighted by molar-refractivity contribution is -0.137. The van der Waals surface area contributed by atoms with Crippen LogP contribution in [0.5, 0.6) is 0 Å². The zero-order valence-corrected chi connectivity index (χ0v) is 18.1. The van der Waals surface area contributed by atoms with E-state index in [4.69, 9.17) is 5.73 Å². The van der Waals surface area contributed by atoms with E-state index in [1.165, 1.54) is 16.7 Å². The number of nitrogens with two attached hydrogens (primary N) is 1. The predicted octanol–water partition coefficient (Wildman–Crippen LogP) is 5.48. The first-order chi connectivity index (χ1) is 15.8. The van der Waals surface area contributed by atoms with Crippen LogP contribution in [-0.2, 0) is 6.18 Å². The second-order valence-corrected chi connectivity index (χ2v) is 7.84. The molecule has 0 radical (unpaired) electrons. The first-order valence-corrected chi connectivity index (χ1v) is 10.8. The molecule has 0 aliphatic rings. The number of hydrogen-bond donors (Lipinski definition) is 2. The Morgan fingerprint density at radius 1 is 1.03 bits per heavy atom. The van der Waals surface area contributed by atoms with Gasteiger partial charge in [0.2, 0.25) is 0 Å². The van der Waals surface area contributed by atoms with E-state index < -0.39 is 17.6 Å². The lowest BCUT2D eigenvalue weighted by Gasteiger charge is -2.12. The molecule has 0 fully saturated rings. The van der Waals surface area contributed by atoms with E-state index in [-0.39, 0.29) is 28.2 Å². The van der Waals surface area contributed by atoms with Crippen molar-refractivity contribution in [1.82, 2.24) is 19.9 Å². The van der Waals surface area contributed by atoms with Gasteiger partial charge in [-0.2, -0.15) is 13.2 Å². The molecule has 4 aromatic rings. The Morgan fingerprint density at radius 3 is 2.45 bits per heavy atom. The second kappa shape index (κ2) is 9.09. The van der Waals surface area contributed by atoms with E-state index in [0.717, 1.165) is 37.8 Å². The van der Waals surface area contributed by atoms with Gasteiger partial charge in [0.1, 0.15) is 16.9 Å². The quantitative estimate of drug-likeness (QED) is 0.361. The number of amides is 1. The van der Waals surface area contributed by atoms with Gasteiger partial charge >= 0.3 is 6.18 Å². The largest absolute Gasteiger partial charge is 0.416 e. The van der Waals surface area contributed by atoms with Gasteiger partial charge in [-0.25, -0.2) is 9.97 Å². The third kappa shape index (κ3) is 4.48. The molecule has 0 aliphatic carbocycles. The van der Waals surface area contributed by atoms with Gasteiger partial charge < -0.3 is 11.1 Å². The Labute approximate surface area is 188 Å². The zero-order chi connectivity index (χ0) is 23.6. The summed E-state index contributed by atoms with van der Waals surface area (Å²) in [4.78, 5) is 22.2. The second-order valence-electron chi connectivity index (χ2n) is 7.84. The highest BCUT2D eigenvalue weighted by molar-refractivity contribution is 6.11. The van der Waals surface area contributed by atoms with Crippen molar-refractivity contribution in [3.8, 4) is 5.69 Å². The Balaban J connectivity index is 1.86. The summed E-state index contributed by atoms with van der Waals surface area (Å²) in [5.41, 5.74) is 7.37. The van der Waals surface area contributed by atoms with Crippen LogP contribution < -0.4 is 11.1 Å². The average molecular weight is 455 g/mol. The monoisotopic (exact) mass is 455 g/mol. The number of carbonyl (C=O) groups excluding carboxylic acids is 1. The van der Waals surface area contributed by atoms with Crippen LogP contribution in [0.4, 0.5) is 19.0 Å². The molecule has 0 saturated carbocycles. The maximum absolute atomic E-state index is 13.3. The number of nitrogen functional groups attached to an aromatic ring is 1. The summed E-state index contributed by atoms with van der Waals surface area (Å²) in [7, 11) is 0. The molecule has 33 heavy (non-hydrogen) atoms. The smallest absolute Gasteiger partial charge is 0.384 e. The summed E-state index contributed by atoms with van der Waals surface area (Å²) in [5.74, 6) is -0.435. The Hall–Kier alpha value is -3.62. The van der Waals surface area contributed by atoms with Gasteiger partial charge in [-0.15, -0.1) is 0 Å². The van der Waals surface area contributed by atoms with E-state index in [0.29, 0.717) is 17.6 Å². The molecule has 9 heteroatoms. The van der Waals surface area contributed by atoms with Crippen molar-refractivity contribution in [3.05, 3.63) is 59.7 Å². The number of unbranched alkanes of at least 4 members (excludes halogenated alkanes) is 3. The van der Waals surface area contributed by atoms with Crippen LogP contribution in [0.1, 0.15) is 48.5 Å². The van der Waals surface area contributed by atoms with E-state index in [9.17, 15) is 18.0 Å². The number of nitrogens with one attached hydrogen (secondary N) is 1. The van der Waals surface area contributed by atoms with Gasteiger partial charge in [0.25, 0.3) is 5.91 Å². The number of fused-ring (bicyclic) bond motifs is 2. The summed E-state index contributed by atoms with van der Waals surface area (Å²) in [5, 5.41) is 2.86. The molecule has 172 valence electrons. The fraction of sp³-hybridized carbons (Fsp3) is 0.292. The standard InChI is InChI=1S/C24H24F3N5O/c1-2-3-4-7-13-29-23(33)19-20-22(31-18-12-6-5-11-17(18)30-20)32(21(19)28)16-10-8-9-15(14-16)24(25,26)27/h5-6,8-12,14H,2-4,7,13,28H2,1H3,(H,29,33). The highest BCUT2D eigenvalue weighted by Gasteiger charge is 2.31. The number of halogens is 3. The summed E-state index contributed by atoms with van der Waals surface area (Å²) in [6, 6.07) is 11.8. The molecule has 0 aliphatic heterocycles. The number of rotatable bonds is 7. The molecule has 0 unspecified atom stereocenters. The van der Waals surface area contributed by atoms with Crippen LogP contribution in [0.2, 0.25) is 0 Å². The fourth-order valence-electron chi connectivity index (χ4n) is 3.81. The van der Waals surface area contributed by atoms with E-state index in [1.807, 2.05) is 0 Å². The molecule has 0 spiro atoms. The predicted molar refractivity (Wildman–Crippen MR) is 122 cm³/mol. The molecule has 0 saturated heterocycles. The number of benzene rings is 2. The Morgan fingerprint density at radius 2 is 1.76 bits per heavy atom. The number of aromatic nitrogens is 3. The van der Waals surface area contributed by atoms with Crippen LogP contribution in [0.3, 0.4) is 0 Å². The molecule has 1 amide bonds. The third-order valence-electron chi connectivity index (χ3n) is 5.47. The van der Waals surface area contributed by atoms with Crippen LogP contribution in [0, 0.1) is 0 Å². The van der Waals surface area contributed by atoms with E-state index in [1.54, 1.807) is 24.3 Å². The number of anilines is 1. The van der Waals surface area contributed by atoms with E-state index in [2.05, 4.69) is 22.2 Å². The molecule has 2 aromatic carbocycles. The molecule has 2 heterocycles. The molecular weight excluding hydrogens is 431 g/mol. The minimum Gasteiger partial charge on any atom is -0.384 e. The lowest BCUT2D eigenvalue weighted by Crippen LogP contribution is -2.25. The average Bonchev–Trinajstić information content (AvgIpc) is 3.07. The number of hydrogen-bond acceptors (Lipinski definition) is 4. The normalized spacial score (nSPS) is 11.9. The van der Waals surface area contributed by atoms with Gasteiger partial charge in [0.15, 0.2) is 5.65 Å². The van der Waals surface area contributed by atoms with Gasteiger partial charge in [0, 0.05) is 12.2 Å². The first kappa shape index (κ1) is 22.6. The molecule has 2 aromatic heterocycles. The maximum atomic E-state index is 13.3. The molecule has 0 bridgehead atoms. The van der Waals surface area contributed by atoms with Crippen LogP contribution in [-0.4, -0.2) is 27.0 Å². The fourth-order valence-corrected chi connectivity index (χ4v) is 3.81. The van der Waals surface area contributed by atoms with Crippen molar-refractivity contribution < 1.29 is 18.0 Å². The van der Waals surface area contributed by atoms with Crippen LogP contribution in [0.15, 0.2) is 48.5 Å². The molecular formula is C24H24F3N5O. The Kier molecular flexibility index (Phi) is 6.22. The number of nitrogens with zero attached hydrogens (tertiary/aromatic N) is 3. The van der Waals surface area contributed by atoms with Crippen LogP contribution >= 0.6 is 0 Å². The zero-order valence-electron chi connectivity index (χ0n) is 18.1. The van der Waals surface area contributed by atoms with Gasteiger partial charge in [-0.1, -0.05) is 44.4 Å². The maximum Gasteiger partial charge on any atom is 0.416 e. The molecule has 6 nitrogen and oxygen atoms in total. The van der Waals surface area contributed by atoms with Crippen molar-refractivity contribution in [2.45, 2.75) is 38.8 Å². The minimum atomic E-state index is -4.52. The number of carbonyl (C=O) groups is 1. The summed E-state index contributed by atoms with van der Waals surface area (Å²) in [6.07, 6.45) is -0.563. The van der Waals surface area contributed by atoms with Crippen molar-refractivity contribution in [2.75, 3.05) is 12.3 Å². The van der Waals surface area contributed by atoms with Gasteiger partial charge in [-0.05, 0) is 36.8 Å². The topological polar surface area (TPSA) is 85.8 Å². The van der Waals surface area contributed by atoms with Crippen molar-refractivity contribution in [1.29, 1.82) is 0 Å². The minimum absolute atomic E-state index is 0.00862. The SMILES string of the molecule is CCCCCCNC(=O)c1c(N)n(-c2cccc(C(F)(F)F)c2)c2nc3ccccc3nc12. The van der Waals surface area contributed by atoms with Crippen molar-refractivity contribution in [3.63, 3.8) is 0 Å². The Bertz CT molecular complexity index is 1310. The van der Waals surface area contributed by atoms with Crippen LogP contribution in [0.25, 0.3) is 27.9 Å². The molecule has 0 atom stereocenters. The summed E-state index contributed by atoms with van der Waals surface area (Å²) < 4.78 is 41.4.